The fraction of sp³-hybridized carbons (Fsp3) is 1.00. The maximum Gasteiger partial charge on any atom is -0.00519 e. The van der Waals surface area contributed by atoms with Crippen molar-refractivity contribution >= 4 is 0 Å². The molecule has 0 aliphatic carbocycles. The Bertz CT molecular complexity index is 521. The second-order valence-electron chi connectivity index (χ2n) is 17.1. The first-order chi connectivity index (χ1) is 24.8. The van der Waals surface area contributed by atoms with E-state index >= 15 is 0 Å². The zero-order valence-electron chi connectivity index (χ0n) is 35.9. The summed E-state index contributed by atoms with van der Waals surface area (Å²) in [6.07, 6.45) is 65.1. The molecule has 50 heavy (non-hydrogen) atoms. The lowest BCUT2D eigenvalue weighted by Gasteiger charge is -2.17. The molecule has 0 spiro atoms. The van der Waals surface area contributed by atoms with Crippen molar-refractivity contribution in [3.8, 4) is 0 Å². The monoisotopic (exact) mass is 704 g/mol. The van der Waals surface area contributed by atoms with E-state index in [0.29, 0.717) is 0 Å². The lowest BCUT2D eigenvalue weighted by molar-refractivity contribution is 0.365. The molecule has 0 rings (SSSR count). The standard InChI is InChI=1S/C49H101N/c1-4-6-8-10-12-14-16-18-20-22-24-26-29-33-37-41-45-49(47-43-39-35-31-28-32-36-40-44-48-50-3)46-42-38-34-30-27-25-23-21-19-17-15-13-11-9-7-5-2/h49-50H,4-48H2,1-3H3. The summed E-state index contributed by atoms with van der Waals surface area (Å²) in [6.45, 7) is 5.83. The third kappa shape index (κ3) is 44.1. The number of hydrogen-bond acceptors (Lipinski definition) is 1. The van der Waals surface area contributed by atoms with Crippen LogP contribution in [-0.4, -0.2) is 13.6 Å². The third-order valence-corrected chi connectivity index (χ3v) is 12.0. The molecule has 0 aromatic carbocycles. The highest BCUT2D eigenvalue weighted by Crippen LogP contribution is 2.25. The van der Waals surface area contributed by atoms with Crippen LogP contribution in [0.5, 0.6) is 0 Å². The van der Waals surface area contributed by atoms with Crippen LogP contribution in [0.3, 0.4) is 0 Å². The smallest absolute Gasteiger partial charge is 0.00519 e. The summed E-state index contributed by atoms with van der Waals surface area (Å²) in [5.41, 5.74) is 0. The summed E-state index contributed by atoms with van der Waals surface area (Å²) in [4.78, 5) is 0. The third-order valence-electron chi connectivity index (χ3n) is 12.0. The molecule has 0 radical (unpaired) electrons. The molecule has 0 aliphatic heterocycles. The van der Waals surface area contributed by atoms with Crippen molar-refractivity contribution in [2.24, 2.45) is 5.92 Å². The van der Waals surface area contributed by atoms with E-state index in [1.54, 1.807) is 0 Å². The molecule has 302 valence electrons. The molecule has 1 nitrogen and oxygen atoms in total. The van der Waals surface area contributed by atoms with Gasteiger partial charge in [-0.3, -0.25) is 0 Å². The van der Waals surface area contributed by atoms with Gasteiger partial charge in [0.1, 0.15) is 0 Å². The predicted molar refractivity (Wildman–Crippen MR) is 232 cm³/mol. The molecule has 0 aliphatic rings. The van der Waals surface area contributed by atoms with Gasteiger partial charge in [-0.1, -0.05) is 290 Å². The van der Waals surface area contributed by atoms with Gasteiger partial charge in [0, 0.05) is 0 Å². The molecule has 0 bridgehead atoms. The Kier molecular flexibility index (Phi) is 46.9. The highest BCUT2D eigenvalue weighted by Gasteiger charge is 2.09. The lowest BCUT2D eigenvalue weighted by atomic mass is 9.89. The first kappa shape index (κ1) is 50.0. The average molecular weight is 704 g/mol. The molecule has 1 heteroatoms. The molecule has 0 amide bonds. The molecule has 0 saturated heterocycles. The van der Waals surface area contributed by atoms with Gasteiger partial charge in [-0.05, 0) is 25.9 Å². The highest BCUT2D eigenvalue weighted by molar-refractivity contribution is 4.63. The fourth-order valence-electron chi connectivity index (χ4n) is 8.37. The maximum atomic E-state index is 3.28. The Labute approximate surface area is 320 Å². The minimum Gasteiger partial charge on any atom is -0.320 e. The number of rotatable bonds is 46. The van der Waals surface area contributed by atoms with Gasteiger partial charge >= 0.3 is 0 Å². The van der Waals surface area contributed by atoms with Crippen LogP contribution < -0.4 is 5.32 Å². The predicted octanol–water partition coefficient (Wildman–Crippen LogP) is 18.0. The van der Waals surface area contributed by atoms with Crippen molar-refractivity contribution in [3.05, 3.63) is 0 Å². The molecule has 0 aromatic heterocycles. The second kappa shape index (κ2) is 47.0. The summed E-state index contributed by atoms with van der Waals surface area (Å²) in [7, 11) is 2.08. The van der Waals surface area contributed by atoms with Crippen molar-refractivity contribution in [1.29, 1.82) is 0 Å². The van der Waals surface area contributed by atoms with Crippen molar-refractivity contribution in [2.45, 2.75) is 296 Å². The van der Waals surface area contributed by atoms with Gasteiger partial charge in [-0.15, -0.1) is 0 Å². The summed E-state index contributed by atoms with van der Waals surface area (Å²) < 4.78 is 0. The van der Waals surface area contributed by atoms with Crippen molar-refractivity contribution in [3.63, 3.8) is 0 Å². The molecule has 0 unspecified atom stereocenters. The van der Waals surface area contributed by atoms with Gasteiger partial charge in [0.05, 0.1) is 0 Å². The van der Waals surface area contributed by atoms with E-state index in [0.717, 1.165) is 5.92 Å². The maximum absolute atomic E-state index is 3.28. The number of hydrogen-bond donors (Lipinski definition) is 1. The second-order valence-corrected chi connectivity index (χ2v) is 17.1. The average Bonchev–Trinajstić information content (AvgIpc) is 3.13. The van der Waals surface area contributed by atoms with E-state index in [9.17, 15) is 0 Å². The molecule has 0 fully saturated rings. The zero-order valence-corrected chi connectivity index (χ0v) is 35.9. The van der Waals surface area contributed by atoms with E-state index < -0.39 is 0 Å². The summed E-state index contributed by atoms with van der Waals surface area (Å²) in [5.74, 6) is 1.03. The van der Waals surface area contributed by atoms with Gasteiger partial charge in [0.25, 0.3) is 0 Å². The van der Waals surface area contributed by atoms with Crippen LogP contribution in [0.25, 0.3) is 0 Å². The summed E-state index contributed by atoms with van der Waals surface area (Å²) in [5, 5.41) is 3.28. The van der Waals surface area contributed by atoms with Crippen LogP contribution in [0, 0.1) is 5.92 Å². The zero-order chi connectivity index (χ0) is 36.1. The molecule has 1 N–H and O–H groups in total. The van der Waals surface area contributed by atoms with E-state index in [4.69, 9.17) is 0 Å². The van der Waals surface area contributed by atoms with E-state index in [1.807, 2.05) is 0 Å². The molecule has 0 saturated carbocycles. The van der Waals surface area contributed by atoms with Gasteiger partial charge in [-0.25, -0.2) is 0 Å². The van der Waals surface area contributed by atoms with Gasteiger partial charge in [-0.2, -0.15) is 0 Å². The van der Waals surface area contributed by atoms with E-state index in [1.165, 1.54) is 289 Å². The Morgan fingerprint density at radius 1 is 0.240 bits per heavy atom. The van der Waals surface area contributed by atoms with Crippen LogP contribution in [-0.2, 0) is 0 Å². The minimum absolute atomic E-state index is 1.03. The topological polar surface area (TPSA) is 12.0 Å². The van der Waals surface area contributed by atoms with Gasteiger partial charge in [0.15, 0.2) is 0 Å². The Morgan fingerprint density at radius 2 is 0.420 bits per heavy atom. The van der Waals surface area contributed by atoms with Crippen molar-refractivity contribution in [2.75, 3.05) is 13.6 Å². The van der Waals surface area contributed by atoms with E-state index in [-0.39, 0.29) is 0 Å². The van der Waals surface area contributed by atoms with Gasteiger partial charge in [0.2, 0.25) is 0 Å². The molecule has 0 aromatic rings. The van der Waals surface area contributed by atoms with Crippen molar-refractivity contribution < 1.29 is 0 Å². The minimum atomic E-state index is 1.03. The van der Waals surface area contributed by atoms with Crippen LogP contribution in [0.15, 0.2) is 0 Å². The quantitative estimate of drug-likeness (QED) is 0.0622. The summed E-state index contributed by atoms with van der Waals surface area (Å²) >= 11 is 0. The van der Waals surface area contributed by atoms with Crippen LogP contribution in [0.4, 0.5) is 0 Å². The molecule has 0 atom stereocenters. The van der Waals surface area contributed by atoms with E-state index in [2.05, 4.69) is 26.2 Å². The van der Waals surface area contributed by atoms with Crippen LogP contribution in [0.2, 0.25) is 0 Å². The van der Waals surface area contributed by atoms with Crippen molar-refractivity contribution in [1.82, 2.24) is 5.32 Å². The Morgan fingerprint density at radius 3 is 0.620 bits per heavy atom. The summed E-state index contributed by atoms with van der Waals surface area (Å²) in [6, 6.07) is 0. The largest absolute Gasteiger partial charge is 0.320 e. The SMILES string of the molecule is CCCCCCCCCCCCCCCCCCC(CCCCCCCCCCCCCCCCCC)CCCCCCCCCCCNC. The first-order valence-electron chi connectivity index (χ1n) is 24.5. The number of unbranched alkanes of at least 4 members (excludes halogenated alkanes) is 38. The molecular formula is C49H101N. The van der Waals surface area contributed by atoms with Crippen LogP contribution in [0.1, 0.15) is 296 Å². The lowest BCUT2D eigenvalue weighted by Crippen LogP contribution is -2.06. The Balaban J connectivity index is 3.89. The normalized spacial score (nSPS) is 11.8. The highest BCUT2D eigenvalue weighted by atomic mass is 14.8. The molecular weight excluding hydrogens is 603 g/mol. The fourth-order valence-corrected chi connectivity index (χ4v) is 8.37. The Hall–Kier alpha value is -0.0400. The van der Waals surface area contributed by atoms with Gasteiger partial charge < -0.3 is 5.32 Å². The molecule has 0 heterocycles. The first-order valence-corrected chi connectivity index (χ1v) is 24.5. The van der Waals surface area contributed by atoms with Crippen LogP contribution >= 0.6 is 0 Å². The number of nitrogens with one attached hydrogen (secondary N) is 1.